The van der Waals surface area contributed by atoms with Crippen molar-refractivity contribution in [3.63, 3.8) is 0 Å². The summed E-state index contributed by atoms with van der Waals surface area (Å²) in [6.45, 7) is 4.35. The monoisotopic (exact) mass is 212 g/mol. The zero-order chi connectivity index (χ0) is 11.4. The van der Waals surface area contributed by atoms with Gasteiger partial charge in [0.15, 0.2) is 11.6 Å². The summed E-state index contributed by atoms with van der Waals surface area (Å²) < 4.78 is 18.5. The first kappa shape index (κ1) is 12.0. The molecule has 0 heterocycles. The van der Waals surface area contributed by atoms with Crippen LogP contribution in [-0.4, -0.2) is 23.8 Å². The van der Waals surface area contributed by atoms with Crippen molar-refractivity contribution < 1.29 is 19.2 Å². The minimum absolute atomic E-state index is 0.115. The molecule has 0 unspecified atom stereocenters. The summed E-state index contributed by atoms with van der Waals surface area (Å²) >= 11 is 0. The zero-order valence-electron chi connectivity index (χ0n) is 8.77. The van der Waals surface area contributed by atoms with Gasteiger partial charge in [-0.2, -0.15) is 0 Å². The predicted molar refractivity (Wildman–Crippen MR) is 56.6 cm³/mol. The topological polar surface area (TPSA) is 49.7 Å². The van der Waals surface area contributed by atoms with Crippen LogP contribution >= 0.6 is 0 Å². The highest BCUT2D eigenvalue weighted by Gasteiger charge is 2.14. The lowest BCUT2D eigenvalue weighted by atomic mass is 9.80. The van der Waals surface area contributed by atoms with Gasteiger partial charge in [0, 0.05) is 0 Å². The number of hydrogen-bond acceptors (Lipinski definition) is 3. The number of rotatable bonds is 4. The summed E-state index contributed by atoms with van der Waals surface area (Å²) in [5, 5.41) is 17.6. The van der Waals surface area contributed by atoms with Gasteiger partial charge in [0.25, 0.3) is 0 Å². The predicted octanol–water partition coefficient (Wildman–Crippen LogP) is 0.540. The number of halogens is 1. The first-order chi connectivity index (χ1) is 7.00. The molecule has 2 N–H and O–H groups in total. The summed E-state index contributed by atoms with van der Waals surface area (Å²) in [4.78, 5) is 0. The van der Waals surface area contributed by atoms with Gasteiger partial charge in [-0.05, 0) is 23.5 Å². The van der Waals surface area contributed by atoms with Crippen molar-refractivity contribution in [1.29, 1.82) is 0 Å². The van der Waals surface area contributed by atoms with Crippen LogP contribution in [0.2, 0.25) is 0 Å². The van der Waals surface area contributed by atoms with Crippen LogP contribution in [0, 0.1) is 11.7 Å². The first-order valence-corrected chi connectivity index (χ1v) is 4.79. The molecule has 1 aromatic rings. The molecule has 0 saturated carbocycles. The molecule has 0 aromatic heterocycles. The summed E-state index contributed by atoms with van der Waals surface area (Å²) in [7, 11) is -1.65. The minimum atomic E-state index is -1.65. The van der Waals surface area contributed by atoms with Crippen LogP contribution in [0.5, 0.6) is 5.75 Å². The van der Waals surface area contributed by atoms with Gasteiger partial charge in [0.1, 0.15) is 0 Å². The van der Waals surface area contributed by atoms with Crippen molar-refractivity contribution in [1.82, 2.24) is 0 Å². The quantitative estimate of drug-likeness (QED) is 0.716. The average Bonchev–Trinajstić information content (AvgIpc) is 2.15. The molecule has 3 nitrogen and oxygen atoms in total. The maximum Gasteiger partial charge on any atom is 0.488 e. The van der Waals surface area contributed by atoms with Crippen LogP contribution in [0.3, 0.4) is 0 Å². The number of hydrogen-bond donors (Lipinski definition) is 2. The highest BCUT2D eigenvalue weighted by molar-refractivity contribution is 6.58. The van der Waals surface area contributed by atoms with E-state index in [-0.39, 0.29) is 11.2 Å². The van der Waals surface area contributed by atoms with Gasteiger partial charge < -0.3 is 14.8 Å². The van der Waals surface area contributed by atoms with Crippen molar-refractivity contribution in [2.45, 2.75) is 13.8 Å². The van der Waals surface area contributed by atoms with Crippen LogP contribution in [-0.2, 0) is 0 Å². The Balaban J connectivity index is 2.75. The Hall–Kier alpha value is -1.07. The molecule has 0 fully saturated rings. The SMILES string of the molecule is CC(C)COc1ccc(B(O)O)cc1F. The van der Waals surface area contributed by atoms with Crippen molar-refractivity contribution in [2.75, 3.05) is 6.61 Å². The zero-order valence-corrected chi connectivity index (χ0v) is 8.77. The Morgan fingerprint density at radius 3 is 2.53 bits per heavy atom. The van der Waals surface area contributed by atoms with E-state index in [0.29, 0.717) is 12.5 Å². The van der Waals surface area contributed by atoms with Gasteiger partial charge in [-0.1, -0.05) is 19.9 Å². The summed E-state index contributed by atoms with van der Waals surface area (Å²) in [5.41, 5.74) is 0.115. The maximum absolute atomic E-state index is 13.3. The molecule has 5 heteroatoms. The molecule has 0 aliphatic heterocycles. The van der Waals surface area contributed by atoms with E-state index in [9.17, 15) is 4.39 Å². The molecule has 0 amide bonds. The Labute approximate surface area is 88.7 Å². The average molecular weight is 212 g/mol. The lowest BCUT2D eigenvalue weighted by Crippen LogP contribution is -2.30. The summed E-state index contributed by atoms with van der Waals surface area (Å²) in [5.74, 6) is -0.137. The van der Waals surface area contributed by atoms with Crippen molar-refractivity contribution in [3.05, 3.63) is 24.0 Å². The van der Waals surface area contributed by atoms with Crippen molar-refractivity contribution in [2.24, 2.45) is 5.92 Å². The van der Waals surface area contributed by atoms with Crippen molar-refractivity contribution >= 4 is 12.6 Å². The Kier molecular flexibility index (Phi) is 4.11. The molecule has 1 aromatic carbocycles. The lowest BCUT2D eigenvalue weighted by Gasteiger charge is -2.10. The third-order valence-corrected chi connectivity index (χ3v) is 1.83. The molecule has 0 aliphatic rings. The fourth-order valence-electron chi connectivity index (χ4n) is 1.05. The second kappa shape index (κ2) is 5.14. The molecule has 1 rings (SSSR count). The molecule has 0 aliphatic carbocycles. The molecule has 0 bridgehead atoms. The first-order valence-electron chi connectivity index (χ1n) is 4.79. The highest BCUT2D eigenvalue weighted by Crippen LogP contribution is 2.15. The van der Waals surface area contributed by atoms with Gasteiger partial charge in [-0.3, -0.25) is 0 Å². The van der Waals surface area contributed by atoms with Gasteiger partial charge in [-0.15, -0.1) is 0 Å². The number of ether oxygens (including phenoxy) is 1. The fraction of sp³-hybridized carbons (Fsp3) is 0.400. The number of benzene rings is 1. The van der Waals surface area contributed by atoms with E-state index < -0.39 is 12.9 Å². The molecular formula is C10H14BFO3. The van der Waals surface area contributed by atoms with E-state index in [1.54, 1.807) is 0 Å². The van der Waals surface area contributed by atoms with Gasteiger partial charge in [0.2, 0.25) is 0 Å². The van der Waals surface area contributed by atoms with Gasteiger partial charge in [0.05, 0.1) is 6.61 Å². The fourth-order valence-corrected chi connectivity index (χ4v) is 1.05. The third kappa shape index (κ3) is 3.53. The van der Waals surface area contributed by atoms with E-state index in [1.165, 1.54) is 12.1 Å². The maximum atomic E-state index is 13.3. The molecule has 0 spiro atoms. The standard InChI is InChI=1S/C10H14BFO3/c1-7(2)6-15-10-4-3-8(11(13)14)5-9(10)12/h3-5,7,13-14H,6H2,1-2H3. The van der Waals surface area contributed by atoms with Crippen LogP contribution in [0.15, 0.2) is 18.2 Å². The van der Waals surface area contributed by atoms with E-state index in [0.717, 1.165) is 6.07 Å². The van der Waals surface area contributed by atoms with Crippen LogP contribution in [0.4, 0.5) is 4.39 Å². The lowest BCUT2D eigenvalue weighted by molar-refractivity contribution is 0.259. The minimum Gasteiger partial charge on any atom is -0.490 e. The molecule has 0 radical (unpaired) electrons. The molecule has 0 atom stereocenters. The van der Waals surface area contributed by atoms with Gasteiger partial charge in [-0.25, -0.2) is 4.39 Å². The Morgan fingerprint density at radius 2 is 2.07 bits per heavy atom. The van der Waals surface area contributed by atoms with E-state index in [2.05, 4.69) is 0 Å². The van der Waals surface area contributed by atoms with Crippen LogP contribution < -0.4 is 10.2 Å². The summed E-state index contributed by atoms with van der Waals surface area (Å²) in [6, 6.07) is 3.87. The second-order valence-electron chi connectivity index (χ2n) is 3.77. The van der Waals surface area contributed by atoms with Crippen LogP contribution in [0.25, 0.3) is 0 Å². The summed E-state index contributed by atoms with van der Waals surface area (Å²) in [6.07, 6.45) is 0. The van der Waals surface area contributed by atoms with Gasteiger partial charge >= 0.3 is 7.12 Å². The van der Waals surface area contributed by atoms with E-state index in [1.807, 2.05) is 13.8 Å². The largest absolute Gasteiger partial charge is 0.490 e. The molecule has 0 saturated heterocycles. The molecule has 82 valence electrons. The molecule has 15 heavy (non-hydrogen) atoms. The van der Waals surface area contributed by atoms with E-state index >= 15 is 0 Å². The van der Waals surface area contributed by atoms with Crippen LogP contribution in [0.1, 0.15) is 13.8 Å². The van der Waals surface area contributed by atoms with Crippen molar-refractivity contribution in [3.8, 4) is 5.75 Å². The normalized spacial score (nSPS) is 10.5. The Morgan fingerprint density at radius 1 is 1.40 bits per heavy atom. The third-order valence-electron chi connectivity index (χ3n) is 1.83. The molecular weight excluding hydrogens is 198 g/mol. The second-order valence-corrected chi connectivity index (χ2v) is 3.77. The Bertz CT molecular complexity index is 328. The highest BCUT2D eigenvalue weighted by atomic mass is 19.1. The smallest absolute Gasteiger partial charge is 0.488 e. The van der Waals surface area contributed by atoms with E-state index in [4.69, 9.17) is 14.8 Å².